The highest BCUT2D eigenvalue weighted by atomic mass is 32.1. The Morgan fingerprint density at radius 2 is 2.16 bits per heavy atom. The molecule has 0 spiro atoms. The van der Waals surface area contributed by atoms with Gasteiger partial charge in [0.15, 0.2) is 5.11 Å². The number of carboxylic acid groups (broad SMARTS) is 1. The van der Waals surface area contributed by atoms with Crippen molar-refractivity contribution in [3.8, 4) is 0 Å². The Morgan fingerprint density at radius 1 is 1.44 bits per heavy atom. The highest BCUT2D eigenvalue weighted by molar-refractivity contribution is 7.80. The van der Waals surface area contributed by atoms with E-state index in [1.165, 1.54) is 19.3 Å². The van der Waals surface area contributed by atoms with Gasteiger partial charge in [0.25, 0.3) is 0 Å². The molecule has 6 nitrogen and oxygen atoms in total. The van der Waals surface area contributed by atoms with Crippen molar-refractivity contribution >= 4 is 29.0 Å². The predicted octanol–water partition coefficient (Wildman–Crippen LogP) is 2.04. The van der Waals surface area contributed by atoms with E-state index in [2.05, 4.69) is 22.8 Å². The Labute approximate surface area is 154 Å². The number of furan rings is 1. The number of thiocarbonyl (C=S) groups is 1. The Kier molecular flexibility index (Phi) is 6.99. The van der Waals surface area contributed by atoms with E-state index in [0.29, 0.717) is 35.0 Å². The maximum absolute atomic E-state index is 10.6. The molecular weight excluding hydrogens is 338 g/mol. The third kappa shape index (κ3) is 5.85. The van der Waals surface area contributed by atoms with Gasteiger partial charge in [-0.3, -0.25) is 5.43 Å². The normalized spacial score (nSPS) is 21.0. The molecule has 2 rings (SSSR count). The van der Waals surface area contributed by atoms with Crippen LogP contribution in [0.4, 0.5) is 0 Å². The molecule has 0 unspecified atom stereocenters. The van der Waals surface area contributed by atoms with Crippen LogP contribution < -0.4 is 15.8 Å². The van der Waals surface area contributed by atoms with E-state index < -0.39 is 5.97 Å². The van der Waals surface area contributed by atoms with Gasteiger partial charge in [-0.1, -0.05) is 19.8 Å². The zero-order chi connectivity index (χ0) is 18.4. The third-order valence-corrected chi connectivity index (χ3v) is 4.90. The lowest BCUT2D eigenvalue weighted by molar-refractivity contribution is -0.305. The van der Waals surface area contributed by atoms with Crippen LogP contribution in [0.25, 0.3) is 0 Å². The standard InChI is InChI=1S/C18H27N3O3S/c1-11-6-4-5-7-16(11)19-18(25)21-20-12(2)15-10-14(24-13(15)3)8-9-17(22)23/h10-11,16H,4-9H2,1-3H3,(H,22,23)(H2,19,21,25)/p-1/b20-12-/t11-,16+/m0/s1. The summed E-state index contributed by atoms with van der Waals surface area (Å²) in [6.45, 7) is 5.94. The molecular formula is C18H26N3O3S-. The van der Waals surface area contributed by atoms with E-state index in [4.69, 9.17) is 16.6 Å². The first-order valence-electron chi connectivity index (χ1n) is 8.77. The lowest BCUT2D eigenvalue weighted by atomic mass is 9.86. The molecule has 0 aliphatic heterocycles. The zero-order valence-corrected chi connectivity index (χ0v) is 15.9. The van der Waals surface area contributed by atoms with Crippen molar-refractivity contribution in [1.82, 2.24) is 10.7 Å². The molecule has 2 N–H and O–H groups in total. The van der Waals surface area contributed by atoms with Gasteiger partial charge in [-0.2, -0.15) is 5.10 Å². The summed E-state index contributed by atoms with van der Waals surface area (Å²) in [5.41, 5.74) is 4.48. The average molecular weight is 364 g/mol. The minimum absolute atomic E-state index is 0.0611. The van der Waals surface area contributed by atoms with Gasteiger partial charge in [-0.05, 0) is 57.3 Å². The number of aliphatic carboxylic acids is 1. The molecule has 2 atom stereocenters. The number of carbonyl (C=O) groups excluding carboxylic acids is 1. The Balaban J connectivity index is 1.91. The second kappa shape index (κ2) is 8.99. The Morgan fingerprint density at radius 3 is 2.84 bits per heavy atom. The van der Waals surface area contributed by atoms with Crippen LogP contribution in [0.5, 0.6) is 0 Å². The van der Waals surface area contributed by atoms with Crippen molar-refractivity contribution in [3.05, 3.63) is 23.2 Å². The highest BCUT2D eigenvalue weighted by Crippen LogP contribution is 2.23. The van der Waals surface area contributed by atoms with Crippen LogP contribution in [0, 0.1) is 12.8 Å². The van der Waals surface area contributed by atoms with Gasteiger partial charge < -0.3 is 19.6 Å². The van der Waals surface area contributed by atoms with E-state index in [0.717, 1.165) is 17.7 Å². The van der Waals surface area contributed by atoms with Crippen LogP contribution in [0.2, 0.25) is 0 Å². The van der Waals surface area contributed by atoms with Gasteiger partial charge in [-0.15, -0.1) is 0 Å². The lowest BCUT2D eigenvalue weighted by Gasteiger charge is -2.30. The number of nitrogens with one attached hydrogen (secondary N) is 2. The van der Waals surface area contributed by atoms with Crippen LogP contribution in [0.15, 0.2) is 15.6 Å². The van der Waals surface area contributed by atoms with Gasteiger partial charge in [0.1, 0.15) is 11.5 Å². The fraction of sp³-hybridized carbons (Fsp3) is 0.611. The summed E-state index contributed by atoms with van der Waals surface area (Å²) in [6.07, 6.45) is 5.13. The molecule has 0 bridgehead atoms. The lowest BCUT2D eigenvalue weighted by Crippen LogP contribution is -2.44. The molecule has 1 saturated carbocycles. The molecule has 7 heteroatoms. The van der Waals surface area contributed by atoms with Gasteiger partial charge in [0.2, 0.25) is 0 Å². The molecule has 0 radical (unpaired) electrons. The monoisotopic (exact) mass is 364 g/mol. The molecule has 1 aromatic heterocycles. The molecule has 0 amide bonds. The maximum Gasteiger partial charge on any atom is 0.187 e. The van der Waals surface area contributed by atoms with Crippen LogP contribution in [-0.4, -0.2) is 22.8 Å². The van der Waals surface area contributed by atoms with Crippen LogP contribution >= 0.6 is 12.2 Å². The maximum atomic E-state index is 10.6. The molecule has 138 valence electrons. The van der Waals surface area contributed by atoms with E-state index >= 15 is 0 Å². The quantitative estimate of drug-likeness (QED) is 0.456. The largest absolute Gasteiger partial charge is 0.550 e. The number of rotatable bonds is 6. The molecule has 1 heterocycles. The van der Waals surface area contributed by atoms with Gasteiger partial charge >= 0.3 is 0 Å². The minimum Gasteiger partial charge on any atom is -0.550 e. The number of hydrogen-bond donors (Lipinski definition) is 2. The van der Waals surface area contributed by atoms with Crippen molar-refractivity contribution < 1.29 is 14.3 Å². The number of hydrazone groups is 1. The van der Waals surface area contributed by atoms with Crippen LogP contribution in [0.1, 0.15) is 63.0 Å². The Hall–Kier alpha value is -1.89. The summed E-state index contributed by atoms with van der Waals surface area (Å²) in [5.74, 6) is 0.844. The molecule has 1 aliphatic rings. The average Bonchev–Trinajstić information content (AvgIpc) is 2.94. The zero-order valence-electron chi connectivity index (χ0n) is 15.1. The van der Waals surface area contributed by atoms with Crippen molar-refractivity contribution in [3.63, 3.8) is 0 Å². The smallest absolute Gasteiger partial charge is 0.187 e. The first-order valence-corrected chi connectivity index (χ1v) is 9.18. The molecule has 25 heavy (non-hydrogen) atoms. The predicted molar refractivity (Wildman–Crippen MR) is 99.3 cm³/mol. The first-order chi connectivity index (χ1) is 11.9. The summed E-state index contributed by atoms with van der Waals surface area (Å²) in [7, 11) is 0. The van der Waals surface area contributed by atoms with E-state index in [1.807, 2.05) is 19.9 Å². The number of carboxylic acids is 1. The molecule has 1 fully saturated rings. The van der Waals surface area contributed by atoms with Gasteiger partial charge in [0.05, 0.1) is 5.71 Å². The minimum atomic E-state index is -1.09. The van der Waals surface area contributed by atoms with Crippen molar-refractivity contribution in [1.29, 1.82) is 0 Å². The molecule has 0 saturated heterocycles. The second-order valence-corrected chi connectivity index (χ2v) is 7.11. The molecule has 1 aromatic rings. The fourth-order valence-corrected chi connectivity index (χ4v) is 3.37. The van der Waals surface area contributed by atoms with Crippen molar-refractivity contribution in [2.45, 2.75) is 65.3 Å². The summed E-state index contributed by atoms with van der Waals surface area (Å²) >= 11 is 5.34. The summed E-state index contributed by atoms with van der Waals surface area (Å²) in [4.78, 5) is 10.6. The van der Waals surface area contributed by atoms with E-state index in [9.17, 15) is 9.90 Å². The highest BCUT2D eigenvalue weighted by Gasteiger charge is 2.21. The molecule has 0 aromatic carbocycles. The topological polar surface area (TPSA) is 89.7 Å². The van der Waals surface area contributed by atoms with E-state index in [-0.39, 0.29) is 6.42 Å². The number of nitrogens with zero attached hydrogens (tertiary/aromatic N) is 1. The number of hydrogen-bond acceptors (Lipinski definition) is 5. The van der Waals surface area contributed by atoms with E-state index in [1.54, 1.807) is 0 Å². The van der Waals surface area contributed by atoms with Crippen molar-refractivity contribution in [2.24, 2.45) is 11.0 Å². The summed E-state index contributed by atoms with van der Waals surface area (Å²) in [5, 5.41) is 18.8. The summed E-state index contributed by atoms with van der Waals surface area (Å²) < 4.78 is 5.58. The number of aryl methyl sites for hydroxylation is 2. The third-order valence-electron chi connectivity index (χ3n) is 4.69. The van der Waals surface area contributed by atoms with Gasteiger partial charge in [0, 0.05) is 24.0 Å². The summed E-state index contributed by atoms with van der Waals surface area (Å²) in [6, 6.07) is 2.22. The molecule has 1 aliphatic carbocycles. The fourth-order valence-electron chi connectivity index (χ4n) is 3.18. The second-order valence-electron chi connectivity index (χ2n) is 6.71. The van der Waals surface area contributed by atoms with Gasteiger partial charge in [-0.25, -0.2) is 0 Å². The first kappa shape index (κ1) is 19.4. The van der Waals surface area contributed by atoms with Crippen LogP contribution in [-0.2, 0) is 11.2 Å². The SMILES string of the molecule is C/C(=N/NC(=S)N[C@@H]1CCCC[C@@H]1C)c1cc(CCC(=O)[O-])oc1C. The van der Waals surface area contributed by atoms with Crippen molar-refractivity contribution in [2.75, 3.05) is 0 Å². The Bertz CT molecular complexity index is 654. The number of carbonyl (C=O) groups is 1. The van der Waals surface area contributed by atoms with Crippen LogP contribution in [0.3, 0.4) is 0 Å².